The Morgan fingerprint density at radius 1 is 1.00 bits per heavy atom. The van der Waals surface area contributed by atoms with Gasteiger partial charge in [-0.2, -0.15) is 0 Å². The summed E-state index contributed by atoms with van der Waals surface area (Å²) in [7, 11) is -3.97. The Morgan fingerprint density at radius 2 is 1.68 bits per heavy atom. The van der Waals surface area contributed by atoms with Gasteiger partial charge in [0.15, 0.2) is 0 Å². The first-order valence-corrected chi connectivity index (χ1v) is 15.3. The third-order valence-corrected chi connectivity index (χ3v) is 7.87. The third-order valence-electron chi connectivity index (χ3n) is 6.44. The molecule has 7 nitrogen and oxygen atoms in total. The molecule has 0 unspecified atom stereocenters. The molecule has 3 aromatic rings. The lowest BCUT2D eigenvalue weighted by molar-refractivity contribution is -0.140. The van der Waals surface area contributed by atoms with Gasteiger partial charge in [0.2, 0.25) is 21.8 Å². The predicted octanol–water partition coefficient (Wildman–Crippen LogP) is 5.11. The second kappa shape index (κ2) is 14.3. The number of benzene rings is 3. The van der Waals surface area contributed by atoms with E-state index in [1.165, 1.54) is 11.0 Å². The first-order chi connectivity index (χ1) is 19.0. The average Bonchev–Trinajstić information content (AvgIpc) is 2.92. The predicted molar refractivity (Wildman–Crippen MR) is 157 cm³/mol. The molecule has 0 aliphatic rings. The number of carbonyl (C=O) groups is 2. The fourth-order valence-electron chi connectivity index (χ4n) is 4.20. The largest absolute Gasteiger partial charge is 0.354 e. The highest BCUT2D eigenvalue weighted by atomic mass is 35.5. The van der Waals surface area contributed by atoms with Crippen LogP contribution in [0.4, 0.5) is 10.1 Å². The highest BCUT2D eigenvalue weighted by Gasteiger charge is 2.33. The number of anilines is 1. The van der Waals surface area contributed by atoms with Crippen LogP contribution in [-0.2, 0) is 32.6 Å². The van der Waals surface area contributed by atoms with Crippen molar-refractivity contribution in [2.75, 3.05) is 23.7 Å². The van der Waals surface area contributed by atoms with E-state index in [0.29, 0.717) is 6.54 Å². The van der Waals surface area contributed by atoms with Crippen LogP contribution < -0.4 is 9.62 Å². The molecule has 3 aromatic carbocycles. The van der Waals surface area contributed by atoms with Crippen LogP contribution >= 0.6 is 11.6 Å². The number of rotatable bonds is 13. The van der Waals surface area contributed by atoms with Crippen LogP contribution in [0.3, 0.4) is 0 Å². The van der Waals surface area contributed by atoms with Crippen LogP contribution in [0.2, 0.25) is 5.02 Å². The van der Waals surface area contributed by atoms with Gasteiger partial charge in [-0.15, -0.1) is 0 Å². The minimum Gasteiger partial charge on any atom is -0.354 e. The number of halogens is 2. The van der Waals surface area contributed by atoms with Crippen LogP contribution in [-0.4, -0.2) is 50.5 Å². The minimum absolute atomic E-state index is 0.0459. The first-order valence-electron chi connectivity index (χ1n) is 13.1. The molecule has 40 heavy (non-hydrogen) atoms. The van der Waals surface area contributed by atoms with E-state index in [9.17, 15) is 22.4 Å². The van der Waals surface area contributed by atoms with E-state index in [2.05, 4.69) is 5.32 Å². The Kier molecular flexibility index (Phi) is 11.1. The molecule has 10 heteroatoms. The van der Waals surface area contributed by atoms with E-state index in [1.807, 2.05) is 68.4 Å². The SMILES string of the molecule is CCCCNC(=O)[C@H](Cc1ccccc1)N(Cc1ccc(C)cc1)C(=O)CN(c1ccc(F)c(Cl)c1)S(C)(=O)=O. The molecule has 0 bridgehead atoms. The molecule has 2 amide bonds. The van der Waals surface area contributed by atoms with E-state index in [1.54, 1.807) is 0 Å². The number of nitrogens with zero attached hydrogens (tertiary/aromatic N) is 2. The van der Waals surface area contributed by atoms with Gasteiger partial charge < -0.3 is 10.2 Å². The van der Waals surface area contributed by atoms with Gasteiger partial charge in [0.1, 0.15) is 18.4 Å². The highest BCUT2D eigenvalue weighted by molar-refractivity contribution is 7.92. The maximum atomic E-state index is 14.0. The number of hydrogen-bond donors (Lipinski definition) is 1. The van der Waals surface area contributed by atoms with Crippen molar-refractivity contribution in [1.29, 1.82) is 0 Å². The fourth-order valence-corrected chi connectivity index (χ4v) is 5.22. The maximum Gasteiger partial charge on any atom is 0.244 e. The smallest absolute Gasteiger partial charge is 0.244 e. The summed E-state index contributed by atoms with van der Waals surface area (Å²) in [6.45, 7) is 3.91. The topological polar surface area (TPSA) is 86.8 Å². The lowest BCUT2D eigenvalue weighted by Crippen LogP contribution is -2.53. The lowest BCUT2D eigenvalue weighted by atomic mass is 10.0. The van der Waals surface area contributed by atoms with Crippen LogP contribution in [0.25, 0.3) is 0 Å². The van der Waals surface area contributed by atoms with Gasteiger partial charge in [0.05, 0.1) is 17.0 Å². The second-order valence-electron chi connectivity index (χ2n) is 9.73. The fraction of sp³-hybridized carbons (Fsp3) is 0.333. The van der Waals surface area contributed by atoms with E-state index in [0.717, 1.165) is 52.2 Å². The van der Waals surface area contributed by atoms with E-state index >= 15 is 0 Å². The summed E-state index contributed by atoms with van der Waals surface area (Å²) >= 11 is 5.93. The monoisotopic (exact) mass is 587 g/mol. The molecule has 1 N–H and O–H groups in total. The van der Waals surface area contributed by atoms with Crippen molar-refractivity contribution < 1.29 is 22.4 Å². The van der Waals surface area contributed by atoms with Crippen LogP contribution in [0.15, 0.2) is 72.8 Å². The van der Waals surface area contributed by atoms with Crippen molar-refractivity contribution >= 4 is 39.1 Å². The molecule has 0 heterocycles. The first kappa shape index (κ1) is 31.1. The van der Waals surface area contributed by atoms with Crippen molar-refractivity contribution in [1.82, 2.24) is 10.2 Å². The summed E-state index contributed by atoms with van der Waals surface area (Å²) in [6.07, 6.45) is 2.86. The standard InChI is InChI=1S/C30H35ClFN3O4S/c1-4-5-17-33-30(37)28(18-23-9-7-6-8-10-23)34(20-24-13-11-22(2)12-14-24)29(36)21-35(40(3,38)39)25-15-16-27(32)26(31)19-25/h6-16,19,28H,4-5,17-18,20-21H2,1-3H3,(H,33,37)/t28-/m0/s1. The number of nitrogens with one attached hydrogen (secondary N) is 1. The number of sulfonamides is 1. The molecule has 0 spiro atoms. The second-order valence-corrected chi connectivity index (χ2v) is 12.0. The molecule has 0 aliphatic carbocycles. The maximum absolute atomic E-state index is 14.0. The van der Waals surface area contributed by atoms with Crippen molar-refractivity contribution in [3.63, 3.8) is 0 Å². The zero-order valence-corrected chi connectivity index (χ0v) is 24.5. The molecule has 0 fully saturated rings. The van der Waals surface area contributed by atoms with E-state index in [4.69, 9.17) is 11.6 Å². The van der Waals surface area contributed by atoms with Crippen LogP contribution in [0.5, 0.6) is 0 Å². The van der Waals surface area contributed by atoms with Gasteiger partial charge in [-0.3, -0.25) is 13.9 Å². The Bertz CT molecular complexity index is 1400. The summed E-state index contributed by atoms with van der Waals surface area (Å²) in [5, 5.41) is 2.67. The van der Waals surface area contributed by atoms with Gasteiger partial charge in [-0.1, -0.05) is 85.1 Å². The summed E-state index contributed by atoms with van der Waals surface area (Å²) in [5.74, 6) is -1.62. The molecule has 0 radical (unpaired) electrons. The Morgan fingerprint density at radius 3 is 2.27 bits per heavy atom. The lowest BCUT2D eigenvalue weighted by Gasteiger charge is -2.33. The van der Waals surface area contributed by atoms with Gasteiger partial charge in [-0.25, -0.2) is 12.8 Å². The van der Waals surface area contributed by atoms with Gasteiger partial charge >= 0.3 is 0 Å². The number of unbranched alkanes of at least 4 members (excludes halogenated alkanes) is 1. The molecule has 0 saturated carbocycles. The normalized spacial score (nSPS) is 12.0. The van der Waals surface area contributed by atoms with Gasteiger partial charge in [0.25, 0.3) is 0 Å². The average molecular weight is 588 g/mol. The number of carbonyl (C=O) groups excluding carboxylic acids is 2. The van der Waals surface area contributed by atoms with E-state index < -0.39 is 34.3 Å². The summed E-state index contributed by atoms with van der Waals surface area (Å²) in [5.41, 5.74) is 2.72. The molecule has 1 atom stereocenters. The molecule has 3 rings (SSSR count). The summed E-state index contributed by atoms with van der Waals surface area (Å²) < 4.78 is 40.3. The van der Waals surface area contributed by atoms with Crippen LogP contribution in [0, 0.1) is 12.7 Å². The Labute approximate surface area is 241 Å². The van der Waals surface area contributed by atoms with Crippen molar-refractivity contribution in [2.24, 2.45) is 0 Å². The Balaban J connectivity index is 2.03. The van der Waals surface area contributed by atoms with E-state index in [-0.39, 0.29) is 29.6 Å². The zero-order chi connectivity index (χ0) is 29.3. The van der Waals surface area contributed by atoms with Crippen molar-refractivity contribution in [3.8, 4) is 0 Å². The molecule has 214 valence electrons. The number of hydrogen-bond acceptors (Lipinski definition) is 4. The molecule has 0 aliphatic heterocycles. The van der Waals surface area contributed by atoms with Crippen molar-refractivity contribution in [2.45, 2.75) is 45.7 Å². The zero-order valence-electron chi connectivity index (χ0n) is 22.9. The minimum atomic E-state index is -3.97. The highest BCUT2D eigenvalue weighted by Crippen LogP contribution is 2.25. The molecule has 0 aromatic heterocycles. The summed E-state index contributed by atoms with van der Waals surface area (Å²) in [6, 6.07) is 19.5. The van der Waals surface area contributed by atoms with Crippen molar-refractivity contribution in [3.05, 3.63) is 100 Å². The number of amides is 2. The van der Waals surface area contributed by atoms with Gasteiger partial charge in [0, 0.05) is 19.5 Å². The summed E-state index contributed by atoms with van der Waals surface area (Å²) in [4.78, 5) is 29.0. The molecule has 0 saturated heterocycles. The van der Waals surface area contributed by atoms with Gasteiger partial charge in [-0.05, 0) is 42.7 Å². The third kappa shape index (κ3) is 8.79. The van der Waals surface area contributed by atoms with Crippen LogP contribution in [0.1, 0.15) is 36.5 Å². The number of aryl methyl sites for hydroxylation is 1. The quantitative estimate of drug-likeness (QED) is 0.282. The molecular weight excluding hydrogens is 553 g/mol. The Hall–Kier alpha value is -3.43. The molecular formula is C30H35ClFN3O4S.